The molecule has 21 heavy (non-hydrogen) atoms. The van der Waals surface area contributed by atoms with Gasteiger partial charge in [0.05, 0.1) is 23.4 Å². The topological polar surface area (TPSA) is 45.0 Å². The summed E-state index contributed by atoms with van der Waals surface area (Å²) in [6.07, 6.45) is 4.27. The Morgan fingerprint density at radius 1 is 1.43 bits per heavy atom. The van der Waals surface area contributed by atoms with E-state index in [1.807, 2.05) is 6.07 Å². The van der Waals surface area contributed by atoms with E-state index in [0.717, 1.165) is 32.3 Å². The molecule has 4 heteroatoms. The third-order valence-corrected chi connectivity index (χ3v) is 4.35. The van der Waals surface area contributed by atoms with Crippen molar-refractivity contribution in [3.63, 3.8) is 0 Å². The lowest BCUT2D eigenvalue weighted by molar-refractivity contribution is -0.0271. The first-order valence-electron chi connectivity index (χ1n) is 7.75. The highest BCUT2D eigenvalue weighted by atomic mass is 19.1. The Labute approximate surface area is 126 Å². The Kier molecular flexibility index (Phi) is 5.58. The van der Waals surface area contributed by atoms with Crippen molar-refractivity contribution < 1.29 is 9.13 Å². The highest BCUT2D eigenvalue weighted by Crippen LogP contribution is 2.27. The van der Waals surface area contributed by atoms with Gasteiger partial charge >= 0.3 is 0 Å². The molecule has 0 radical (unpaired) electrons. The van der Waals surface area contributed by atoms with Gasteiger partial charge in [-0.3, -0.25) is 0 Å². The highest BCUT2D eigenvalue weighted by molar-refractivity contribution is 5.49. The van der Waals surface area contributed by atoms with Crippen LogP contribution in [0, 0.1) is 23.1 Å². The van der Waals surface area contributed by atoms with Gasteiger partial charge in [-0.05, 0) is 37.0 Å². The van der Waals surface area contributed by atoms with E-state index in [1.54, 1.807) is 12.1 Å². The van der Waals surface area contributed by atoms with Gasteiger partial charge in [0.15, 0.2) is 0 Å². The van der Waals surface area contributed by atoms with Crippen molar-refractivity contribution in [3.8, 4) is 6.07 Å². The quantitative estimate of drug-likeness (QED) is 0.888. The van der Waals surface area contributed by atoms with Crippen molar-refractivity contribution in [1.29, 1.82) is 5.26 Å². The molecule has 1 aliphatic heterocycles. The maximum Gasteiger partial charge on any atom is 0.147 e. The number of nitrogens with zero attached hydrogens (tertiary/aromatic N) is 1. The summed E-state index contributed by atoms with van der Waals surface area (Å²) < 4.78 is 19.8. The SMILES string of the molecule is CCC(CC)C1CC(Nc2ccc(C#N)cc2F)CCO1. The summed E-state index contributed by atoms with van der Waals surface area (Å²) in [6.45, 7) is 5.10. The van der Waals surface area contributed by atoms with E-state index in [2.05, 4.69) is 19.2 Å². The Morgan fingerprint density at radius 3 is 2.81 bits per heavy atom. The maximum atomic E-state index is 13.9. The smallest absolute Gasteiger partial charge is 0.147 e. The van der Waals surface area contributed by atoms with Gasteiger partial charge in [-0.15, -0.1) is 0 Å². The fraction of sp³-hybridized carbons (Fsp3) is 0.588. The van der Waals surface area contributed by atoms with Gasteiger partial charge in [0.1, 0.15) is 5.82 Å². The van der Waals surface area contributed by atoms with Crippen LogP contribution in [0.15, 0.2) is 18.2 Å². The second-order valence-electron chi connectivity index (χ2n) is 5.66. The van der Waals surface area contributed by atoms with Crippen molar-refractivity contribution in [2.45, 2.75) is 51.7 Å². The molecular weight excluding hydrogens is 267 g/mol. The Hall–Kier alpha value is -1.60. The van der Waals surface area contributed by atoms with Crippen LogP contribution < -0.4 is 5.32 Å². The van der Waals surface area contributed by atoms with E-state index < -0.39 is 0 Å². The van der Waals surface area contributed by atoms with E-state index in [0.29, 0.717) is 17.2 Å². The van der Waals surface area contributed by atoms with Crippen molar-refractivity contribution in [3.05, 3.63) is 29.6 Å². The Morgan fingerprint density at radius 2 is 2.19 bits per heavy atom. The van der Waals surface area contributed by atoms with E-state index in [-0.39, 0.29) is 18.0 Å². The normalized spacial score (nSPS) is 22.0. The average Bonchev–Trinajstić information content (AvgIpc) is 2.51. The maximum absolute atomic E-state index is 13.9. The molecule has 3 nitrogen and oxygen atoms in total. The highest BCUT2D eigenvalue weighted by Gasteiger charge is 2.27. The van der Waals surface area contributed by atoms with Crippen LogP contribution in [0.1, 0.15) is 45.1 Å². The van der Waals surface area contributed by atoms with Gasteiger partial charge in [0.2, 0.25) is 0 Å². The van der Waals surface area contributed by atoms with Crippen molar-refractivity contribution in [1.82, 2.24) is 0 Å². The summed E-state index contributed by atoms with van der Waals surface area (Å²) >= 11 is 0. The van der Waals surface area contributed by atoms with Crippen LogP contribution in [0.3, 0.4) is 0 Å². The Bertz CT molecular complexity index is 508. The van der Waals surface area contributed by atoms with Gasteiger partial charge in [-0.2, -0.15) is 5.26 Å². The third-order valence-electron chi connectivity index (χ3n) is 4.35. The molecule has 1 saturated heterocycles. The fourth-order valence-corrected chi connectivity index (χ4v) is 3.02. The molecule has 0 bridgehead atoms. The second-order valence-corrected chi connectivity index (χ2v) is 5.66. The molecule has 0 aromatic heterocycles. The Balaban J connectivity index is 2.01. The molecule has 0 saturated carbocycles. The van der Waals surface area contributed by atoms with E-state index in [9.17, 15) is 4.39 Å². The molecular formula is C17H23FN2O. The number of rotatable bonds is 5. The summed E-state index contributed by atoms with van der Waals surface area (Å²) in [6, 6.07) is 6.74. The number of benzene rings is 1. The van der Waals surface area contributed by atoms with Crippen LogP contribution in [0.5, 0.6) is 0 Å². The number of nitriles is 1. The molecule has 114 valence electrons. The van der Waals surface area contributed by atoms with E-state index in [1.165, 1.54) is 6.07 Å². The number of hydrogen-bond donors (Lipinski definition) is 1. The van der Waals surface area contributed by atoms with Gasteiger partial charge in [-0.25, -0.2) is 4.39 Å². The number of ether oxygens (including phenoxy) is 1. The largest absolute Gasteiger partial charge is 0.380 e. The van der Waals surface area contributed by atoms with Crippen LogP contribution in [0.2, 0.25) is 0 Å². The first kappa shape index (κ1) is 15.8. The van der Waals surface area contributed by atoms with Gasteiger partial charge in [0.25, 0.3) is 0 Å². The number of halogens is 1. The predicted octanol–water partition coefficient (Wildman–Crippen LogP) is 4.09. The van der Waals surface area contributed by atoms with Gasteiger partial charge in [-0.1, -0.05) is 26.7 Å². The molecule has 0 aliphatic carbocycles. The monoisotopic (exact) mass is 290 g/mol. The van der Waals surface area contributed by atoms with Crippen molar-refractivity contribution >= 4 is 5.69 Å². The zero-order chi connectivity index (χ0) is 15.2. The summed E-state index contributed by atoms with van der Waals surface area (Å²) in [7, 11) is 0. The molecule has 2 rings (SSSR count). The van der Waals surface area contributed by atoms with Crippen molar-refractivity contribution in [2.24, 2.45) is 5.92 Å². The predicted molar refractivity (Wildman–Crippen MR) is 81.6 cm³/mol. The van der Waals surface area contributed by atoms with Crippen LogP contribution in [-0.2, 0) is 4.74 Å². The molecule has 1 N–H and O–H groups in total. The summed E-state index contributed by atoms with van der Waals surface area (Å²) in [5.74, 6) is 0.208. The lowest BCUT2D eigenvalue weighted by Crippen LogP contribution is -2.38. The number of nitrogens with one attached hydrogen (secondary N) is 1. The average molecular weight is 290 g/mol. The van der Waals surface area contributed by atoms with Gasteiger partial charge in [0, 0.05) is 12.6 Å². The third kappa shape index (κ3) is 3.95. The van der Waals surface area contributed by atoms with Crippen molar-refractivity contribution in [2.75, 3.05) is 11.9 Å². The first-order chi connectivity index (χ1) is 10.2. The molecule has 0 amide bonds. The number of anilines is 1. The summed E-state index contributed by atoms with van der Waals surface area (Å²) in [5.41, 5.74) is 0.823. The zero-order valence-electron chi connectivity index (χ0n) is 12.7. The number of hydrogen-bond acceptors (Lipinski definition) is 3. The second kappa shape index (κ2) is 7.42. The minimum Gasteiger partial charge on any atom is -0.380 e. The molecule has 1 aliphatic rings. The molecule has 2 unspecified atom stereocenters. The van der Waals surface area contributed by atoms with E-state index >= 15 is 0 Å². The fourth-order valence-electron chi connectivity index (χ4n) is 3.02. The van der Waals surface area contributed by atoms with Crippen LogP contribution in [-0.4, -0.2) is 18.8 Å². The standard InChI is InChI=1S/C17H23FN2O/c1-3-13(4-2)17-10-14(7-8-21-17)20-16-6-5-12(11-19)9-15(16)18/h5-6,9,13-14,17,20H,3-4,7-8,10H2,1-2H3. The molecule has 1 heterocycles. The lowest BCUT2D eigenvalue weighted by Gasteiger charge is -2.35. The summed E-state index contributed by atoms with van der Waals surface area (Å²) in [5, 5.41) is 12.0. The zero-order valence-corrected chi connectivity index (χ0v) is 12.7. The van der Waals surface area contributed by atoms with Crippen LogP contribution in [0.4, 0.5) is 10.1 Å². The minimum absolute atomic E-state index is 0.229. The van der Waals surface area contributed by atoms with Crippen LogP contribution >= 0.6 is 0 Å². The minimum atomic E-state index is -0.361. The molecule has 1 fully saturated rings. The van der Waals surface area contributed by atoms with Crippen LogP contribution in [0.25, 0.3) is 0 Å². The lowest BCUT2D eigenvalue weighted by atomic mass is 9.89. The molecule has 0 spiro atoms. The van der Waals surface area contributed by atoms with E-state index in [4.69, 9.17) is 10.00 Å². The summed E-state index contributed by atoms with van der Waals surface area (Å²) in [4.78, 5) is 0. The first-order valence-corrected chi connectivity index (χ1v) is 7.75. The van der Waals surface area contributed by atoms with Gasteiger partial charge < -0.3 is 10.1 Å². The molecule has 2 atom stereocenters. The molecule has 1 aromatic carbocycles. The molecule has 1 aromatic rings.